The van der Waals surface area contributed by atoms with Crippen molar-refractivity contribution in [1.29, 1.82) is 0 Å². The molecule has 0 fully saturated rings. The maximum absolute atomic E-state index is 12.6. The van der Waals surface area contributed by atoms with Crippen LogP contribution in [0, 0.1) is 0 Å². The number of ether oxygens (including phenoxy) is 2. The standard InChI is InChI=1S/C41H80NO7P/c1-6-8-10-12-14-16-18-19-20-21-22-23-24-25-27-29-31-33-36-46-38-40(39-48-50(44,45)47-37-35-42(3,4)5)49-41(43)34-32-30-28-26-17-15-13-11-9-7-2/h14,16,19-20,40H,6-13,15,17-18,21-39H2,1-5H3/p+1/b16-14-,20-19-. The minimum absolute atomic E-state index is 0.0890. The Labute approximate surface area is 309 Å². The van der Waals surface area contributed by atoms with E-state index in [9.17, 15) is 14.3 Å². The highest BCUT2D eigenvalue weighted by atomic mass is 31.2. The van der Waals surface area contributed by atoms with Gasteiger partial charge in [0.1, 0.15) is 19.3 Å². The molecule has 9 heteroatoms. The number of carbonyl (C=O) groups excluding carboxylic acids is 1. The van der Waals surface area contributed by atoms with Gasteiger partial charge in [-0.25, -0.2) is 4.57 Å². The quantitative estimate of drug-likeness (QED) is 0.0222. The summed E-state index contributed by atoms with van der Waals surface area (Å²) in [5, 5.41) is 0. The van der Waals surface area contributed by atoms with Crippen molar-refractivity contribution in [3.05, 3.63) is 24.3 Å². The lowest BCUT2D eigenvalue weighted by Crippen LogP contribution is -2.37. The Kier molecular flexibility index (Phi) is 34.3. The highest BCUT2D eigenvalue weighted by Crippen LogP contribution is 2.43. The number of phosphoric ester groups is 1. The molecule has 0 spiro atoms. The lowest BCUT2D eigenvalue weighted by molar-refractivity contribution is -0.870. The Hall–Kier alpha value is -1.02. The molecule has 0 rings (SSSR count). The molecule has 0 heterocycles. The molecular weight excluding hydrogens is 649 g/mol. The van der Waals surface area contributed by atoms with Crippen molar-refractivity contribution >= 4 is 13.8 Å². The monoisotopic (exact) mass is 731 g/mol. The molecule has 2 atom stereocenters. The van der Waals surface area contributed by atoms with E-state index in [4.69, 9.17) is 18.5 Å². The summed E-state index contributed by atoms with van der Waals surface area (Å²) in [6, 6.07) is 0. The Morgan fingerprint density at radius 2 is 1.10 bits per heavy atom. The van der Waals surface area contributed by atoms with Crippen molar-refractivity contribution < 1.29 is 37.3 Å². The summed E-state index contributed by atoms with van der Waals surface area (Å²) >= 11 is 0. The highest BCUT2D eigenvalue weighted by Gasteiger charge is 2.26. The van der Waals surface area contributed by atoms with Gasteiger partial charge in [-0.3, -0.25) is 13.8 Å². The number of carbonyl (C=O) groups is 1. The highest BCUT2D eigenvalue weighted by molar-refractivity contribution is 7.47. The molecule has 0 aromatic rings. The number of esters is 1. The van der Waals surface area contributed by atoms with Gasteiger partial charge in [-0.2, -0.15) is 0 Å². The van der Waals surface area contributed by atoms with Gasteiger partial charge in [0.2, 0.25) is 0 Å². The predicted octanol–water partition coefficient (Wildman–Crippen LogP) is 11.7. The molecule has 0 saturated heterocycles. The number of allylic oxidation sites excluding steroid dienone is 4. The van der Waals surface area contributed by atoms with Gasteiger partial charge >= 0.3 is 13.8 Å². The van der Waals surface area contributed by atoms with E-state index in [1.165, 1.54) is 116 Å². The second-order valence-corrected chi connectivity index (χ2v) is 16.5. The SMILES string of the molecule is CCCCC/C=C\C/C=C\CCCCCCCCCCOCC(COP(=O)(O)OCC[N+](C)(C)C)OC(=O)CCCCCCCCCCCC. The first kappa shape index (κ1) is 49.0. The van der Waals surface area contributed by atoms with Crippen LogP contribution in [0.4, 0.5) is 0 Å². The fourth-order valence-corrected chi connectivity index (χ4v) is 6.26. The van der Waals surface area contributed by atoms with Crippen LogP contribution in [-0.4, -0.2) is 75.6 Å². The summed E-state index contributed by atoms with van der Waals surface area (Å²) in [5.41, 5.74) is 0. The van der Waals surface area contributed by atoms with Gasteiger partial charge in [-0.1, -0.05) is 147 Å². The lowest BCUT2D eigenvalue weighted by atomic mass is 10.1. The number of quaternary nitrogens is 1. The maximum Gasteiger partial charge on any atom is 0.472 e. The van der Waals surface area contributed by atoms with E-state index in [-0.39, 0.29) is 25.8 Å². The van der Waals surface area contributed by atoms with Crippen molar-refractivity contribution in [1.82, 2.24) is 0 Å². The summed E-state index contributed by atoms with van der Waals surface area (Å²) in [4.78, 5) is 22.8. The van der Waals surface area contributed by atoms with Gasteiger partial charge in [0.05, 0.1) is 34.4 Å². The number of hydrogen-bond donors (Lipinski definition) is 1. The maximum atomic E-state index is 12.6. The Morgan fingerprint density at radius 1 is 0.620 bits per heavy atom. The molecule has 0 aliphatic rings. The molecule has 0 saturated carbocycles. The Morgan fingerprint density at radius 3 is 1.66 bits per heavy atom. The van der Waals surface area contributed by atoms with Gasteiger partial charge in [-0.05, 0) is 44.9 Å². The first-order valence-electron chi connectivity index (χ1n) is 20.6. The van der Waals surface area contributed by atoms with Crippen LogP contribution in [0.2, 0.25) is 0 Å². The van der Waals surface area contributed by atoms with Gasteiger partial charge in [0, 0.05) is 13.0 Å². The fourth-order valence-electron chi connectivity index (χ4n) is 5.52. The fraction of sp³-hybridized carbons (Fsp3) is 0.878. The van der Waals surface area contributed by atoms with E-state index in [0.717, 1.165) is 38.5 Å². The van der Waals surface area contributed by atoms with Crippen LogP contribution in [-0.2, 0) is 27.9 Å². The summed E-state index contributed by atoms with van der Waals surface area (Å²) in [6.45, 7) is 5.58. The van der Waals surface area contributed by atoms with Crippen molar-refractivity contribution in [2.75, 3.05) is 54.1 Å². The number of rotatable bonds is 38. The zero-order valence-electron chi connectivity index (χ0n) is 33.4. The van der Waals surface area contributed by atoms with Crippen LogP contribution in [0.15, 0.2) is 24.3 Å². The molecule has 1 N–H and O–H groups in total. The summed E-state index contributed by atoms with van der Waals surface area (Å²) in [5.74, 6) is -0.318. The topological polar surface area (TPSA) is 91.3 Å². The van der Waals surface area contributed by atoms with Crippen LogP contribution < -0.4 is 0 Å². The van der Waals surface area contributed by atoms with Crippen LogP contribution in [0.5, 0.6) is 0 Å². The molecule has 0 bridgehead atoms. The summed E-state index contributed by atoms with van der Waals surface area (Å²) in [6.07, 6.45) is 37.7. The molecule has 50 heavy (non-hydrogen) atoms. The molecule has 8 nitrogen and oxygen atoms in total. The number of unbranched alkanes of at least 4 members (excludes halogenated alkanes) is 20. The molecule has 2 unspecified atom stereocenters. The van der Waals surface area contributed by atoms with Crippen molar-refractivity contribution in [2.24, 2.45) is 0 Å². The number of phosphoric acid groups is 1. The Balaban J connectivity index is 4.21. The van der Waals surface area contributed by atoms with Crippen LogP contribution in [0.25, 0.3) is 0 Å². The van der Waals surface area contributed by atoms with Gasteiger partial charge in [0.25, 0.3) is 0 Å². The summed E-state index contributed by atoms with van der Waals surface area (Å²) in [7, 11) is 1.67. The minimum atomic E-state index is -4.27. The first-order chi connectivity index (χ1) is 24.1. The molecule has 0 amide bonds. The largest absolute Gasteiger partial charge is 0.472 e. The zero-order valence-corrected chi connectivity index (χ0v) is 34.3. The van der Waals surface area contributed by atoms with Crippen molar-refractivity contribution in [2.45, 2.75) is 180 Å². The van der Waals surface area contributed by atoms with Gasteiger partial charge < -0.3 is 18.9 Å². The molecule has 0 aromatic heterocycles. The third-order valence-electron chi connectivity index (χ3n) is 8.77. The van der Waals surface area contributed by atoms with Crippen LogP contribution in [0.1, 0.15) is 174 Å². The number of hydrogen-bond acceptors (Lipinski definition) is 6. The van der Waals surface area contributed by atoms with E-state index < -0.39 is 13.9 Å². The van der Waals surface area contributed by atoms with E-state index in [0.29, 0.717) is 24.1 Å². The lowest BCUT2D eigenvalue weighted by Gasteiger charge is -2.24. The molecular formula is C41H81NO7P+. The first-order valence-corrected chi connectivity index (χ1v) is 22.1. The number of nitrogens with zero attached hydrogens (tertiary/aromatic N) is 1. The molecule has 0 aliphatic heterocycles. The second kappa shape index (κ2) is 35.0. The molecule has 0 radical (unpaired) electrons. The van der Waals surface area contributed by atoms with E-state index in [1.54, 1.807) is 0 Å². The minimum Gasteiger partial charge on any atom is -0.457 e. The molecule has 296 valence electrons. The van der Waals surface area contributed by atoms with Crippen molar-refractivity contribution in [3.8, 4) is 0 Å². The normalized spacial score (nSPS) is 14.1. The molecule has 0 aromatic carbocycles. The third kappa shape index (κ3) is 38.2. The smallest absolute Gasteiger partial charge is 0.457 e. The van der Waals surface area contributed by atoms with E-state index in [2.05, 4.69) is 38.2 Å². The summed E-state index contributed by atoms with van der Waals surface area (Å²) < 4.78 is 34.9. The van der Waals surface area contributed by atoms with Crippen molar-refractivity contribution in [3.63, 3.8) is 0 Å². The zero-order chi connectivity index (χ0) is 37.0. The van der Waals surface area contributed by atoms with Gasteiger partial charge in [0.15, 0.2) is 0 Å². The van der Waals surface area contributed by atoms with Gasteiger partial charge in [-0.15, -0.1) is 0 Å². The third-order valence-corrected chi connectivity index (χ3v) is 9.75. The average molecular weight is 731 g/mol. The van der Waals surface area contributed by atoms with E-state index in [1.807, 2.05) is 21.1 Å². The predicted molar refractivity (Wildman–Crippen MR) is 210 cm³/mol. The Bertz CT molecular complexity index is 858. The average Bonchev–Trinajstić information content (AvgIpc) is 3.06. The van der Waals surface area contributed by atoms with Crippen LogP contribution in [0.3, 0.4) is 0 Å². The van der Waals surface area contributed by atoms with Crippen LogP contribution >= 0.6 is 7.82 Å². The molecule has 0 aliphatic carbocycles. The second-order valence-electron chi connectivity index (χ2n) is 15.0. The van der Waals surface area contributed by atoms with E-state index >= 15 is 0 Å². The number of likely N-dealkylation sites (N-methyl/N-ethyl adjacent to an activating group) is 1.